The minimum atomic E-state index is 0. The maximum absolute atomic E-state index is 12.4. The number of hydrogen-bond acceptors (Lipinski definition) is 4. The van der Waals surface area contributed by atoms with Crippen LogP contribution >= 0.6 is 23.7 Å². The second kappa shape index (κ2) is 8.73. The second-order valence-corrected chi connectivity index (χ2v) is 6.75. The first-order valence-corrected chi connectivity index (χ1v) is 8.20. The zero-order valence-corrected chi connectivity index (χ0v) is 14.5. The molecule has 1 aromatic rings. The monoisotopic (exact) mass is 331 g/mol. The molecule has 0 saturated carbocycles. The molecule has 0 bridgehead atoms. The summed E-state index contributed by atoms with van der Waals surface area (Å²) in [6.45, 7) is 5.07. The van der Waals surface area contributed by atoms with Crippen LogP contribution in [0.25, 0.3) is 0 Å². The third kappa shape index (κ3) is 4.95. The Morgan fingerprint density at radius 3 is 2.95 bits per heavy atom. The molecule has 0 spiro atoms. The van der Waals surface area contributed by atoms with Crippen molar-refractivity contribution in [3.05, 3.63) is 22.4 Å². The Kier molecular flexibility index (Phi) is 7.66. The molecule has 1 aliphatic rings. The van der Waals surface area contributed by atoms with Crippen molar-refractivity contribution in [2.24, 2.45) is 11.7 Å². The highest BCUT2D eigenvalue weighted by Crippen LogP contribution is 2.22. The Hall–Kier alpha value is -0.620. The fourth-order valence-electron chi connectivity index (χ4n) is 2.93. The fraction of sp³-hybridized carbons (Fsp3) is 0.667. The number of thiophene rings is 1. The molecular weight excluding hydrogens is 306 g/mol. The first-order valence-electron chi connectivity index (χ1n) is 7.32. The van der Waals surface area contributed by atoms with E-state index in [0.29, 0.717) is 31.6 Å². The van der Waals surface area contributed by atoms with Crippen molar-refractivity contribution in [2.75, 3.05) is 26.7 Å². The summed E-state index contributed by atoms with van der Waals surface area (Å²) in [6, 6.07) is 4.44. The molecule has 2 unspecified atom stereocenters. The zero-order chi connectivity index (χ0) is 14.5. The van der Waals surface area contributed by atoms with E-state index in [1.54, 1.807) is 11.3 Å². The largest absolute Gasteiger partial charge is 0.340 e. The molecule has 2 atom stereocenters. The first-order chi connectivity index (χ1) is 9.61. The number of hydrogen-bond donors (Lipinski definition) is 1. The van der Waals surface area contributed by atoms with Gasteiger partial charge in [0.15, 0.2) is 0 Å². The van der Waals surface area contributed by atoms with E-state index < -0.39 is 0 Å². The van der Waals surface area contributed by atoms with Crippen molar-refractivity contribution in [3.8, 4) is 0 Å². The Morgan fingerprint density at radius 2 is 2.33 bits per heavy atom. The van der Waals surface area contributed by atoms with Crippen LogP contribution in [-0.2, 0) is 11.3 Å². The Bertz CT molecular complexity index is 427. The first kappa shape index (κ1) is 18.4. The average Bonchev–Trinajstić information content (AvgIpc) is 2.91. The van der Waals surface area contributed by atoms with E-state index in [0.717, 1.165) is 6.54 Å². The van der Waals surface area contributed by atoms with E-state index in [9.17, 15) is 4.79 Å². The lowest BCUT2D eigenvalue weighted by Crippen LogP contribution is -2.52. The van der Waals surface area contributed by atoms with E-state index in [1.165, 1.54) is 17.7 Å². The number of nitrogens with zero attached hydrogens (tertiary/aromatic N) is 2. The Balaban J connectivity index is 0.00000220. The molecule has 0 radical (unpaired) electrons. The zero-order valence-electron chi connectivity index (χ0n) is 12.8. The van der Waals surface area contributed by atoms with Crippen LogP contribution < -0.4 is 5.73 Å². The highest BCUT2D eigenvalue weighted by molar-refractivity contribution is 7.09. The van der Waals surface area contributed by atoms with Crippen LogP contribution in [0.5, 0.6) is 0 Å². The second-order valence-electron chi connectivity index (χ2n) is 5.72. The van der Waals surface area contributed by atoms with Gasteiger partial charge in [-0.3, -0.25) is 9.69 Å². The molecular formula is C15H26ClN3OS. The predicted molar refractivity (Wildman–Crippen MR) is 90.9 cm³/mol. The molecule has 0 aliphatic carbocycles. The van der Waals surface area contributed by atoms with Gasteiger partial charge in [-0.15, -0.1) is 23.7 Å². The number of likely N-dealkylation sites (tertiary alicyclic amines) is 1. The molecule has 1 amide bonds. The van der Waals surface area contributed by atoms with E-state index in [-0.39, 0.29) is 18.3 Å². The number of nitrogens with two attached hydrogens (primary N) is 1. The third-order valence-corrected chi connectivity index (χ3v) is 5.07. The summed E-state index contributed by atoms with van der Waals surface area (Å²) < 4.78 is 0. The maximum Gasteiger partial charge on any atom is 0.236 e. The summed E-state index contributed by atoms with van der Waals surface area (Å²) in [4.78, 5) is 17.7. The van der Waals surface area contributed by atoms with Crippen molar-refractivity contribution in [1.29, 1.82) is 0 Å². The van der Waals surface area contributed by atoms with Gasteiger partial charge in [-0.1, -0.05) is 13.0 Å². The quantitative estimate of drug-likeness (QED) is 0.899. The van der Waals surface area contributed by atoms with Crippen LogP contribution in [0.1, 0.15) is 24.6 Å². The van der Waals surface area contributed by atoms with Gasteiger partial charge in [0, 0.05) is 24.5 Å². The van der Waals surface area contributed by atoms with Gasteiger partial charge in [-0.2, -0.15) is 0 Å². The summed E-state index contributed by atoms with van der Waals surface area (Å²) in [6.07, 6.45) is 2.39. The summed E-state index contributed by atoms with van der Waals surface area (Å²) in [5, 5.41) is 2.05. The lowest BCUT2D eigenvalue weighted by atomic mass is 9.91. The van der Waals surface area contributed by atoms with Gasteiger partial charge >= 0.3 is 0 Å². The van der Waals surface area contributed by atoms with E-state index >= 15 is 0 Å². The van der Waals surface area contributed by atoms with E-state index in [4.69, 9.17) is 5.73 Å². The van der Waals surface area contributed by atoms with E-state index in [2.05, 4.69) is 17.9 Å². The topological polar surface area (TPSA) is 49.6 Å². The van der Waals surface area contributed by atoms with Crippen molar-refractivity contribution in [2.45, 2.75) is 32.4 Å². The molecule has 2 rings (SSSR count). The van der Waals surface area contributed by atoms with Crippen molar-refractivity contribution in [1.82, 2.24) is 9.80 Å². The number of piperidine rings is 1. The van der Waals surface area contributed by atoms with Crippen LogP contribution in [0.2, 0.25) is 0 Å². The van der Waals surface area contributed by atoms with Crippen LogP contribution in [0.15, 0.2) is 17.5 Å². The van der Waals surface area contributed by atoms with Gasteiger partial charge in [-0.05, 0) is 36.8 Å². The standard InChI is InChI=1S/C15H25N3OS.ClH/c1-12-5-3-7-18(14(12)9-16)11-15(19)17(2)10-13-6-4-8-20-13;/h4,6,8,12,14H,3,5,7,9-11,16H2,1-2H3;1H. The summed E-state index contributed by atoms with van der Waals surface area (Å²) in [5.74, 6) is 0.773. The van der Waals surface area contributed by atoms with Gasteiger partial charge in [0.05, 0.1) is 13.1 Å². The van der Waals surface area contributed by atoms with E-state index in [1.807, 2.05) is 23.4 Å². The number of carbonyl (C=O) groups is 1. The summed E-state index contributed by atoms with van der Waals surface area (Å²) >= 11 is 1.69. The molecule has 1 saturated heterocycles. The molecule has 120 valence electrons. The molecule has 1 aliphatic heterocycles. The van der Waals surface area contributed by atoms with Crippen molar-refractivity contribution in [3.63, 3.8) is 0 Å². The Morgan fingerprint density at radius 1 is 1.57 bits per heavy atom. The highest BCUT2D eigenvalue weighted by Gasteiger charge is 2.29. The lowest BCUT2D eigenvalue weighted by Gasteiger charge is -2.39. The molecule has 4 nitrogen and oxygen atoms in total. The normalized spacial score (nSPS) is 22.6. The van der Waals surface area contributed by atoms with Crippen molar-refractivity contribution >= 4 is 29.7 Å². The summed E-state index contributed by atoms with van der Waals surface area (Å²) in [5.41, 5.74) is 5.88. The molecule has 6 heteroatoms. The van der Waals surface area contributed by atoms with Crippen LogP contribution in [0.3, 0.4) is 0 Å². The SMILES string of the molecule is CC1CCCN(CC(=O)N(C)Cc2cccs2)C1CN.Cl. The van der Waals surface area contributed by atoms with Gasteiger partial charge in [-0.25, -0.2) is 0 Å². The molecule has 2 N–H and O–H groups in total. The lowest BCUT2D eigenvalue weighted by molar-refractivity contribution is -0.132. The predicted octanol–water partition coefficient (Wildman–Crippen LogP) is 2.19. The summed E-state index contributed by atoms with van der Waals surface area (Å²) in [7, 11) is 1.88. The van der Waals surface area contributed by atoms with Crippen LogP contribution in [-0.4, -0.2) is 48.4 Å². The minimum Gasteiger partial charge on any atom is -0.340 e. The molecule has 1 fully saturated rings. The number of rotatable bonds is 5. The minimum absolute atomic E-state index is 0. The number of carbonyl (C=O) groups excluding carboxylic acids is 1. The van der Waals surface area contributed by atoms with Crippen molar-refractivity contribution < 1.29 is 4.79 Å². The molecule has 2 heterocycles. The number of amides is 1. The van der Waals surface area contributed by atoms with Gasteiger partial charge in [0.1, 0.15) is 0 Å². The molecule has 21 heavy (non-hydrogen) atoms. The van der Waals surface area contributed by atoms with Gasteiger partial charge in [0.2, 0.25) is 5.91 Å². The van der Waals surface area contributed by atoms with Crippen LogP contribution in [0.4, 0.5) is 0 Å². The third-order valence-electron chi connectivity index (χ3n) is 4.21. The van der Waals surface area contributed by atoms with Gasteiger partial charge in [0.25, 0.3) is 0 Å². The number of likely N-dealkylation sites (N-methyl/N-ethyl adjacent to an activating group) is 1. The van der Waals surface area contributed by atoms with Crippen LogP contribution in [0, 0.1) is 5.92 Å². The molecule has 0 aromatic carbocycles. The highest BCUT2D eigenvalue weighted by atomic mass is 35.5. The van der Waals surface area contributed by atoms with Gasteiger partial charge < -0.3 is 10.6 Å². The fourth-order valence-corrected chi connectivity index (χ4v) is 3.69. The number of halogens is 1. The smallest absolute Gasteiger partial charge is 0.236 e. The average molecular weight is 332 g/mol. The maximum atomic E-state index is 12.4. The molecule has 1 aromatic heterocycles. The Labute approximate surface area is 137 Å².